The van der Waals surface area contributed by atoms with E-state index in [4.69, 9.17) is 10.5 Å². The van der Waals surface area contributed by atoms with E-state index in [2.05, 4.69) is 18.0 Å². The van der Waals surface area contributed by atoms with Gasteiger partial charge in [-0.05, 0) is 43.2 Å². The summed E-state index contributed by atoms with van der Waals surface area (Å²) in [5, 5.41) is 0. The van der Waals surface area contributed by atoms with Crippen molar-refractivity contribution in [2.45, 2.75) is 13.8 Å². The standard InChI is InChI=1S/C14H16N2O/c1-9-7-10(2)14(12(8-9)17-3)11-5-4-6-13(15)16-11/h4-8H,1-3H3,(H2,15,16). The average molecular weight is 228 g/mol. The molecule has 0 bridgehead atoms. The second-order valence-electron chi connectivity index (χ2n) is 4.11. The first kappa shape index (κ1) is 11.5. The van der Waals surface area contributed by atoms with E-state index >= 15 is 0 Å². The van der Waals surface area contributed by atoms with Crippen LogP contribution in [0.5, 0.6) is 5.75 Å². The Kier molecular flexibility index (Phi) is 3.00. The fourth-order valence-corrected chi connectivity index (χ4v) is 2.01. The van der Waals surface area contributed by atoms with Crippen LogP contribution in [-0.2, 0) is 0 Å². The number of benzene rings is 1. The van der Waals surface area contributed by atoms with E-state index in [1.807, 2.05) is 25.1 Å². The van der Waals surface area contributed by atoms with E-state index < -0.39 is 0 Å². The fraction of sp³-hybridized carbons (Fsp3) is 0.214. The number of pyridine rings is 1. The van der Waals surface area contributed by atoms with E-state index in [0.29, 0.717) is 5.82 Å². The van der Waals surface area contributed by atoms with Crippen LogP contribution in [0.4, 0.5) is 5.82 Å². The predicted octanol–water partition coefficient (Wildman–Crippen LogP) is 2.96. The topological polar surface area (TPSA) is 48.1 Å². The maximum absolute atomic E-state index is 5.72. The van der Waals surface area contributed by atoms with Gasteiger partial charge in [0.25, 0.3) is 0 Å². The molecule has 0 spiro atoms. The molecule has 0 radical (unpaired) electrons. The maximum atomic E-state index is 5.72. The Balaban J connectivity index is 2.66. The molecule has 2 rings (SSSR count). The lowest BCUT2D eigenvalue weighted by Crippen LogP contribution is -1.96. The zero-order valence-corrected chi connectivity index (χ0v) is 10.3. The summed E-state index contributed by atoms with van der Waals surface area (Å²) in [6.07, 6.45) is 0. The number of nitrogens with zero attached hydrogens (tertiary/aromatic N) is 1. The number of hydrogen-bond donors (Lipinski definition) is 1. The highest BCUT2D eigenvalue weighted by atomic mass is 16.5. The van der Waals surface area contributed by atoms with Crippen LogP contribution in [0.25, 0.3) is 11.3 Å². The molecular formula is C14H16N2O. The average Bonchev–Trinajstić information content (AvgIpc) is 2.27. The summed E-state index contributed by atoms with van der Waals surface area (Å²) in [5.74, 6) is 1.35. The van der Waals surface area contributed by atoms with Crippen molar-refractivity contribution in [1.29, 1.82) is 0 Å². The van der Waals surface area contributed by atoms with E-state index in [-0.39, 0.29) is 0 Å². The Morgan fingerprint density at radius 1 is 1.18 bits per heavy atom. The minimum atomic E-state index is 0.518. The highest BCUT2D eigenvalue weighted by Crippen LogP contribution is 2.33. The summed E-state index contributed by atoms with van der Waals surface area (Å²) in [5.41, 5.74) is 9.88. The van der Waals surface area contributed by atoms with Gasteiger partial charge < -0.3 is 10.5 Å². The summed E-state index contributed by atoms with van der Waals surface area (Å²) in [7, 11) is 1.67. The third-order valence-electron chi connectivity index (χ3n) is 2.69. The SMILES string of the molecule is COc1cc(C)cc(C)c1-c1cccc(N)n1. The normalized spacial score (nSPS) is 10.3. The highest BCUT2D eigenvalue weighted by Gasteiger charge is 2.11. The van der Waals surface area contributed by atoms with Crippen LogP contribution < -0.4 is 10.5 Å². The number of methoxy groups -OCH3 is 1. The van der Waals surface area contributed by atoms with Gasteiger partial charge in [0.2, 0.25) is 0 Å². The molecule has 17 heavy (non-hydrogen) atoms. The monoisotopic (exact) mass is 228 g/mol. The van der Waals surface area contributed by atoms with Crippen molar-refractivity contribution >= 4 is 5.82 Å². The quantitative estimate of drug-likeness (QED) is 0.859. The molecule has 0 amide bonds. The van der Waals surface area contributed by atoms with Crippen LogP contribution in [0, 0.1) is 13.8 Å². The number of hydrogen-bond acceptors (Lipinski definition) is 3. The summed E-state index contributed by atoms with van der Waals surface area (Å²) >= 11 is 0. The molecule has 0 atom stereocenters. The Bertz CT molecular complexity index is 550. The fourth-order valence-electron chi connectivity index (χ4n) is 2.01. The molecule has 0 unspecified atom stereocenters. The van der Waals surface area contributed by atoms with Crippen LogP contribution >= 0.6 is 0 Å². The number of rotatable bonds is 2. The minimum absolute atomic E-state index is 0.518. The number of aryl methyl sites for hydroxylation is 2. The molecule has 0 saturated heterocycles. The van der Waals surface area contributed by atoms with Crippen LogP contribution in [0.3, 0.4) is 0 Å². The highest BCUT2D eigenvalue weighted by molar-refractivity contribution is 5.72. The van der Waals surface area contributed by atoms with Crippen molar-refractivity contribution in [2.75, 3.05) is 12.8 Å². The van der Waals surface area contributed by atoms with Gasteiger partial charge >= 0.3 is 0 Å². The van der Waals surface area contributed by atoms with Crippen LogP contribution in [0.1, 0.15) is 11.1 Å². The van der Waals surface area contributed by atoms with Crippen molar-refractivity contribution in [3.05, 3.63) is 41.5 Å². The van der Waals surface area contributed by atoms with Crippen molar-refractivity contribution in [1.82, 2.24) is 4.98 Å². The molecule has 1 heterocycles. The van der Waals surface area contributed by atoms with E-state index in [1.54, 1.807) is 13.2 Å². The van der Waals surface area contributed by atoms with Crippen LogP contribution in [0.15, 0.2) is 30.3 Å². The van der Waals surface area contributed by atoms with Gasteiger partial charge in [0, 0.05) is 5.56 Å². The smallest absolute Gasteiger partial charge is 0.128 e. The van der Waals surface area contributed by atoms with Gasteiger partial charge in [-0.2, -0.15) is 0 Å². The maximum Gasteiger partial charge on any atom is 0.128 e. The molecule has 0 fully saturated rings. The molecule has 1 aromatic heterocycles. The summed E-state index contributed by atoms with van der Waals surface area (Å²) in [6, 6.07) is 9.74. The minimum Gasteiger partial charge on any atom is -0.496 e. The number of ether oxygens (including phenoxy) is 1. The van der Waals surface area contributed by atoms with Gasteiger partial charge in [0.15, 0.2) is 0 Å². The molecule has 88 valence electrons. The largest absolute Gasteiger partial charge is 0.496 e. The molecule has 0 saturated carbocycles. The lowest BCUT2D eigenvalue weighted by Gasteiger charge is -2.12. The second kappa shape index (κ2) is 4.45. The molecular weight excluding hydrogens is 212 g/mol. The third kappa shape index (κ3) is 2.23. The van der Waals surface area contributed by atoms with Gasteiger partial charge in [-0.3, -0.25) is 0 Å². The Hall–Kier alpha value is -2.03. The predicted molar refractivity (Wildman–Crippen MR) is 70.1 cm³/mol. The van der Waals surface area contributed by atoms with Crippen LogP contribution in [-0.4, -0.2) is 12.1 Å². The first-order chi connectivity index (χ1) is 8.11. The zero-order chi connectivity index (χ0) is 12.4. The Labute approximate surface area is 101 Å². The summed E-state index contributed by atoms with van der Waals surface area (Å²) in [4.78, 5) is 4.34. The van der Waals surface area contributed by atoms with Crippen LogP contribution in [0.2, 0.25) is 0 Å². The van der Waals surface area contributed by atoms with Crippen molar-refractivity contribution in [3.8, 4) is 17.0 Å². The van der Waals surface area contributed by atoms with Gasteiger partial charge in [0.1, 0.15) is 11.6 Å². The summed E-state index contributed by atoms with van der Waals surface area (Å²) in [6.45, 7) is 4.10. The molecule has 3 heteroatoms. The molecule has 2 aromatic rings. The first-order valence-corrected chi connectivity index (χ1v) is 5.50. The molecule has 2 N–H and O–H groups in total. The zero-order valence-electron chi connectivity index (χ0n) is 10.3. The number of anilines is 1. The molecule has 1 aromatic carbocycles. The Morgan fingerprint density at radius 2 is 1.94 bits per heavy atom. The van der Waals surface area contributed by atoms with Gasteiger partial charge in [-0.25, -0.2) is 4.98 Å². The number of aromatic nitrogens is 1. The number of nitrogen functional groups attached to an aromatic ring is 1. The third-order valence-corrected chi connectivity index (χ3v) is 2.69. The molecule has 0 aliphatic carbocycles. The number of nitrogens with two attached hydrogens (primary N) is 1. The first-order valence-electron chi connectivity index (χ1n) is 5.50. The molecule has 0 aliphatic rings. The van der Waals surface area contributed by atoms with E-state index in [9.17, 15) is 0 Å². The second-order valence-corrected chi connectivity index (χ2v) is 4.11. The van der Waals surface area contributed by atoms with Crippen molar-refractivity contribution < 1.29 is 4.74 Å². The molecule has 3 nitrogen and oxygen atoms in total. The lowest BCUT2D eigenvalue weighted by atomic mass is 10.0. The van der Waals surface area contributed by atoms with Crippen molar-refractivity contribution in [2.24, 2.45) is 0 Å². The van der Waals surface area contributed by atoms with E-state index in [1.165, 1.54) is 5.56 Å². The van der Waals surface area contributed by atoms with Gasteiger partial charge in [0.05, 0.1) is 12.8 Å². The van der Waals surface area contributed by atoms with Crippen molar-refractivity contribution in [3.63, 3.8) is 0 Å². The summed E-state index contributed by atoms with van der Waals surface area (Å²) < 4.78 is 5.42. The van der Waals surface area contributed by atoms with Gasteiger partial charge in [-0.1, -0.05) is 12.1 Å². The van der Waals surface area contributed by atoms with Gasteiger partial charge in [-0.15, -0.1) is 0 Å². The Morgan fingerprint density at radius 3 is 2.59 bits per heavy atom. The lowest BCUT2D eigenvalue weighted by molar-refractivity contribution is 0.415. The van der Waals surface area contributed by atoms with E-state index in [0.717, 1.165) is 22.6 Å². The molecule has 0 aliphatic heterocycles.